The Morgan fingerprint density at radius 3 is 2.87 bits per heavy atom. The minimum absolute atomic E-state index is 0.0381. The fourth-order valence-electron chi connectivity index (χ4n) is 2.19. The van der Waals surface area contributed by atoms with Crippen LogP contribution in [0.15, 0.2) is 35.4 Å². The van der Waals surface area contributed by atoms with E-state index in [0.29, 0.717) is 16.8 Å². The molecule has 2 aromatic heterocycles. The summed E-state index contributed by atoms with van der Waals surface area (Å²) in [4.78, 5) is 29.7. The summed E-state index contributed by atoms with van der Waals surface area (Å²) in [5.41, 5.74) is 1.32. The Morgan fingerprint density at radius 1 is 1.39 bits per heavy atom. The lowest BCUT2D eigenvalue weighted by Crippen LogP contribution is -2.14. The van der Waals surface area contributed by atoms with E-state index in [1.807, 2.05) is 12.1 Å². The lowest BCUT2D eigenvalue weighted by molar-refractivity contribution is 0.144. The van der Waals surface area contributed by atoms with Crippen LogP contribution < -0.4 is 10.3 Å². The quantitative estimate of drug-likeness (QED) is 0.718. The van der Waals surface area contributed by atoms with E-state index in [-0.39, 0.29) is 17.3 Å². The highest BCUT2D eigenvalue weighted by atomic mass is 16.7. The molecule has 0 radical (unpaired) electrons. The molecule has 0 saturated carbocycles. The molecule has 8 heteroatoms. The molecule has 3 aromatic rings. The van der Waals surface area contributed by atoms with Crippen LogP contribution in [0.25, 0.3) is 16.9 Å². The molecular weight excluding hydrogens is 300 g/mol. The maximum absolute atomic E-state index is 12.2. The summed E-state index contributed by atoms with van der Waals surface area (Å²) in [5.74, 6) is 0.532. The molecule has 0 amide bonds. The number of nitrogens with one attached hydrogen (secondary N) is 1. The number of hydrogen-bond acceptors (Lipinski definition) is 5. The molecule has 0 unspecified atom stereocenters. The van der Waals surface area contributed by atoms with Crippen molar-refractivity contribution < 1.29 is 14.6 Å². The number of fused-ring (bicyclic) bond motifs is 1. The van der Waals surface area contributed by atoms with Crippen molar-refractivity contribution >= 4 is 17.1 Å². The highest BCUT2D eigenvalue weighted by Gasteiger charge is 2.10. The number of H-pyrrole nitrogens is 1. The Kier molecular flexibility index (Phi) is 3.57. The molecule has 118 valence electrons. The first-order chi connectivity index (χ1) is 10.9. The highest BCUT2D eigenvalue weighted by Crippen LogP contribution is 2.19. The standard InChI is InChI=1S/C15H14N4O4/c1-8(2)9-3-4-11-12(5-9)17-14(18-13(11)20)19-7-10(6-16-19)23-15(21)22/h3-8H,1-2H3,(H,21,22)(H,17,18,20). The summed E-state index contributed by atoms with van der Waals surface area (Å²) in [6.45, 7) is 4.11. The predicted molar refractivity (Wildman–Crippen MR) is 82.2 cm³/mol. The van der Waals surface area contributed by atoms with Crippen molar-refractivity contribution in [2.75, 3.05) is 0 Å². The lowest BCUT2D eigenvalue weighted by Gasteiger charge is -2.07. The van der Waals surface area contributed by atoms with Crippen molar-refractivity contribution in [2.24, 2.45) is 0 Å². The Bertz CT molecular complexity index is 942. The van der Waals surface area contributed by atoms with Crippen molar-refractivity contribution in [3.63, 3.8) is 0 Å². The molecule has 2 N–H and O–H groups in total. The van der Waals surface area contributed by atoms with E-state index < -0.39 is 6.16 Å². The van der Waals surface area contributed by atoms with Crippen LogP contribution in [0.3, 0.4) is 0 Å². The van der Waals surface area contributed by atoms with Crippen LogP contribution in [-0.2, 0) is 0 Å². The van der Waals surface area contributed by atoms with Crippen LogP contribution in [0.2, 0.25) is 0 Å². The summed E-state index contributed by atoms with van der Waals surface area (Å²) in [6, 6.07) is 5.50. The third-order valence-electron chi connectivity index (χ3n) is 3.37. The number of nitrogens with zero attached hydrogens (tertiary/aromatic N) is 3. The minimum Gasteiger partial charge on any atom is -0.449 e. The zero-order valence-electron chi connectivity index (χ0n) is 12.5. The van der Waals surface area contributed by atoms with E-state index in [1.54, 1.807) is 6.07 Å². The number of carbonyl (C=O) groups is 1. The number of carboxylic acid groups (broad SMARTS) is 1. The molecule has 0 bridgehead atoms. The van der Waals surface area contributed by atoms with Gasteiger partial charge < -0.3 is 9.84 Å². The Hall–Kier alpha value is -3.16. The molecule has 8 nitrogen and oxygen atoms in total. The zero-order chi connectivity index (χ0) is 16.6. The predicted octanol–water partition coefficient (Wildman–Crippen LogP) is 2.29. The van der Waals surface area contributed by atoms with Crippen LogP contribution in [0.1, 0.15) is 25.3 Å². The second-order valence-electron chi connectivity index (χ2n) is 5.31. The highest BCUT2D eigenvalue weighted by molar-refractivity contribution is 5.78. The van der Waals surface area contributed by atoms with Crippen molar-refractivity contribution in [1.29, 1.82) is 0 Å². The van der Waals surface area contributed by atoms with Crippen molar-refractivity contribution in [2.45, 2.75) is 19.8 Å². The summed E-state index contributed by atoms with van der Waals surface area (Å²) in [5, 5.41) is 13.0. The van der Waals surface area contributed by atoms with Gasteiger partial charge >= 0.3 is 6.16 Å². The Labute approximate surface area is 130 Å². The van der Waals surface area contributed by atoms with E-state index in [1.165, 1.54) is 17.1 Å². The molecule has 0 saturated heterocycles. The minimum atomic E-state index is -1.44. The number of hydrogen-bond donors (Lipinski definition) is 2. The molecule has 0 atom stereocenters. The monoisotopic (exact) mass is 314 g/mol. The Balaban J connectivity index is 2.09. The van der Waals surface area contributed by atoms with Crippen LogP contribution >= 0.6 is 0 Å². The fraction of sp³-hybridized carbons (Fsp3) is 0.200. The molecular formula is C15H14N4O4. The number of ether oxygens (including phenoxy) is 1. The van der Waals surface area contributed by atoms with Crippen LogP contribution in [0, 0.1) is 0 Å². The molecule has 1 aromatic carbocycles. The zero-order valence-corrected chi connectivity index (χ0v) is 12.5. The van der Waals surface area contributed by atoms with Gasteiger partial charge in [0.15, 0.2) is 5.75 Å². The molecule has 0 aliphatic heterocycles. The van der Waals surface area contributed by atoms with Crippen LogP contribution in [-0.4, -0.2) is 31.0 Å². The maximum atomic E-state index is 12.2. The van der Waals surface area contributed by atoms with E-state index in [2.05, 4.69) is 33.7 Å². The summed E-state index contributed by atoms with van der Waals surface area (Å²) in [7, 11) is 0. The normalized spacial score (nSPS) is 11.1. The van der Waals surface area contributed by atoms with Crippen LogP contribution in [0.4, 0.5) is 4.79 Å². The van der Waals surface area contributed by atoms with Gasteiger partial charge in [-0.15, -0.1) is 0 Å². The van der Waals surface area contributed by atoms with Crippen molar-refractivity contribution in [1.82, 2.24) is 19.7 Å². The summed E-state index contributed by atoms with van der Waals surface area (Å²) >= 11 is 0. The molecule has 23 heavy (non-hydrogen) atoms. The molecule has 3 rings (SSSR count). The molecule has 0 aliphatic carbocycles. The van der Waals surface area contributed by atoms with Crippen LogP contribution in [0.5, 0.6) is 5.75 Å². The third kappa shape index (κ3) is 2.91. The lowest BCUT2D eigenvalue weighted by atomic mass is 10.0. The average molecular weight is 314 g/mol. The first-order valence-electron chi connectivity index (χ1n) is 6.94. The number of rotatable bonds is 3. The second kappa shape index (κ2) is 5.56. The van der Waals surface area contributed by atoms with Gasteiger partial charge in [0.25, 0.3) is 5.56 Å². The van der Waals surface area contributed by atoms with Gasteiger partial charge in [-0.3, -0.25) is 9.78 Å². The van der Waals surface area contributed by atoms with Crippen molar-refractivity contribution in [3.05, 3.63) is 46.5 Å². The van der Waals surface area contributed by atoms with E-state index in [0.717, 1.165) is 5.56 Å². The second-order valence-corrected chi connectivity index (χ2v) is 5.31. The fourth-order valence-corrected chi connectivity index (χ4v) is 2.19. The van der Waals surface area contributed by atoms with Gasteiger partial charge in [0.1, 0.15) is 0 Å². The molecule has 2 heterocycles. The largest absolute Gasteiger partial charge is 0.511 e. The number of benzene rings is 1. The van der Waals surface area contributed by atoms with Gasteiger partial charge in [0.2, 0.25) is 5.95 Å². The van der Waals surface area contributed by atoms with Gasteiger partial charge in [-0.25, -0.2) is 14.5 Å². The Morgan fingerprint density at radius 2 is 2.17 bits per heavy atom. The van der Waals surface area contributed by atoms with Gasteiger partial charge in [-0.1, -0.05) is 19.9 Å². The number of aromatic amines is 1. The molecule has 0 spiro atoms. The third-order valence-corrected chi connectivity index (χ3v) is 3.37. The van der Waals surface area contributed by atoms with Gasteiger partial charge in [0.05, 0.1) is 23.3 Å². The first kappa shape index (κ1) is 14.8. The first-order valence-corrected chi connectivity index (χ1v) is 6.94. The van der Waals surface area contributed by atoms with Gasteiger partial charge in [0, 0.05) is 0 Å². The van der Waals surface area contributed by atoms with E-state index in [9.17, 15) is 9.59 Å². The summed E-state index contributed by atoms with van der Waals surface area (Å²) < 4.78 is 5.75. The molecule has 0 aliphatic rings. The summed E-state index contributed by atoms with van der Waals surface area (Å²) in [6.07, 6.45) is 1.11. The van der Waals surface area contributed by atoms with Gasteiger partial charge in [-0.2, -0.15) is 5.10 Å². The molecule has 0 fully saturated rings. The SMILES string of the molecule is CC(C)c1ccc2c(=O)[nH]c(-n3cc(OC(=O)O)cn3)nc2c1. The number of aromatic nitrogens is 4. The van der Waals surface area contributed by atoms with Crippen molar-refractivity contribution in [3.8, 4) is 11.7 Å². The van der Waals surface area contributed by atoms with E-state index >= 15 is 0 Å². The topological polar surface area (TPSA) is 110 Å². The van der Waals surface area contributed by atoms with Gasteiger partial charge in [-0.05, 0) is 23.6 Å². The maximum Gasteiger partial charge on any atom is 0.511 e. The van der Waals surface area contributed by atoms with E-state index in [4.69, 9.17) is 5.11 Å². The average Bonchev–Trinajstić information content (AvgIpc) is 2.94. The smallest absolute Gasteiger partial charge is 0.449 e.